The summed E-state index contributed by atoms with van der Waals surface area (Å²) in [5, 5.41) is 0.603. The fourth-order valence-corrected chi connectivity index (χ4v) is 1.95. The monoisotopic (exact) mass is 314 g/mol. The minimum atomic E-state index is 0.0603. The molecule has 17 heavy (non-hydrogen) atoms. The van der Waals surface area contributed by atoms with Gasteiger partial charge in [0, 0.05) is 11.1 Å². The van der Waals surface area contributed by atoms with Crippen LogP contribution in [0.2, 0.25) is 5.02 Å². The van der Waals surface area contributed by atoms with Crippen LogP contribution in [0.15, 0.2) is 28.7 Å². The van der Waals surface area contributed by atoms with Crippen LogP contribution in [-0.4, -0.2) is 9.97 Å². The SMILES string of the molecule is Nc1cc(Oc2ccc(Cl)cc2Br)nc(N)n1. The van der Waals surface area contributed by atoms with Gasteiger partial charge in [-0.1, -0.05) is 11.6 Å². The van der Waals surface area contributed by atoms with Crippen molar-refractivity contribution in [3.05, 3.63) is 33.8 Å². The van der Waals surface area contributed by atoms with Crippen LogP contribution in [0.5, 0.6) is 11.6 Å². The lowest BCUT2D eigenvalue weighted by Gasteiger charge is -2.07. The summed E-state index contributed by atoms with van der Waals surface area (Å²) in [6, 6.07) is 6.61. The van der Waals surface area contributed by atoms with Gasteiger partial charge in [-0.2, -0.15) is 9.97 Å². The molecule has 7 heteroatoms. The Hall–Kier alpha value is -1.53. The van der Waals surface area contributed by atoms with E-state index < -0.39 is 0 Å². The lowest BCUT2D eigenvalue weighted by atomic mass is 10.3. The summed E-state index contributed by atoms with van der Waals surface area (Å²) in [6.07, 6.45) is 0. The first-order valence-electron chi connectivity index (χ1n) is 4.57. The molecule has 0 aliphatic heterocycles. The number of benzene rings is 1. The maximum Gasteiger partial charge on any atom is 0.226 e. The van der Waals surface area contributed by atoms with Gasteiger partial charge in [0.25, 0.3) is 0 Å². The Morgan fingerprint density at radius 2 is 1.94 bits per heavy atom. The van der Waals surface area contributed by atoms with Gasteiger partial charge >= 0.3 is 0 Å². The van der Waals surface area contributed by atoms with Gasteiger partial charge in [-0.05, 0) is 34.1 Å². The number of hydrogen-bond acceptors (Lipinski definition) is 5. The highest BCUT2D eigenvalue weighted by molar-refractivity contribution is 9.10. The third kappa shape index (κ3) is 2.98. The van der Waals surface area contributed by atoms with Crippen LogP contribution in [0.25, 0.3) is 0 Å². The van der Waals surface area contributed by atoms with Crippen LogP contribution >= 0.6 is 27.5 Å². The molecule has 4 N–H and O–H groups in total. The highest BCUT2D eigenvalue weighted by atomic mass is 79.9. The summed E-state index contributed by atoms with van der Waals surface area (Å²) in [5.74, 6) is 1.15. The zero-order valence-corrected chi connectivity index (χ0v) is 10.9. The van der Waals surface area contributed by atoms with Crippen molar-refractivity contribution < 1.29 is 4.74 Å². The largest absolute Gasteiger partial charge is 0.438 e. The molecule has 2 aromatic rings. The normalized spacial score (nSPS) is 10.2. The zero-order chi connectivity index (χ0) is 12.4. The van der Waals surface area contributed by atoms with E-state index in [9.17, 15) is 0 Å². The molecule has 0 bridgehead atoms. The van der Waals surface area contributed by atoms with E-state index in [0.717, 1.165) is 0 Å². The van der Waals surface area contributed by atoms with Crippen LogP contribution in [-0.2, 0) is 0 Å². The van der Waals surface area contributed by atoms with E-state index in [4.69, 9.17) is 27.8 Å². The van der Waals surface area contributed by atoms with E-state index in [-0.39, 0.29) is 17.6 Å². The molecule has 1 aromatic carbocycles. The zero-order valence-electron chi connectivity index (χ0n) is 8.52. The number of nitrogens with two attached hydrogens (primary N) is 2. The molecule has 0 aliphatic carbocycles. The van der Waals surface area contributed by atoms with Crippen molar-refractivity contribution in [1.29, 1.82) is 0 Å². The van der Waals surface area contributed by atoms with Gasteiger partial charge in [-0.25, -0.2) is 0 Å². The Bertz CT molecular complexity index is 544. The molecule has 0 radical (unpaired) electrons. The van der Waals surface area contributed by atoms with Gasteiger partial charge < -0.3 is 16.2 Å². The summed E-state index contributed by atoms with van der Waals surface area (Å²) >= 11 is 9.15. The topological polar surface area (TPSA) is 87.0 Å². The fourth-order valence-electron chi connectivity index (χ4n) is 1.18. The number of nitrogen functional groups attached to an aromatic ring is 2. The second kappa shape index (κ2) is 4.77. The van der Waals surface area contributed by atoms with Crippen LogP contribution in [0, 0.1) is 0 Å². The van der Waals surface area contributed by atoms with Crippen molar-refractivity contribution in [3.63, 3.8) is 0 Å². The van der Waals surface area contributed by atoms with E-state index in [1.165, 1.54) is 6.07 Å². The predicted molar refractivity (Wildman–Crippen MR) is 70.1 cm³/mol. The average molecular weight is 316 g/mol. The predicted octanol–water partition coefficient (Wildman–Crippen LogP) is 2.85. The Morgan fingerprint density at radius 1 is 1.18 bits per heavy atom. The summed E-state index contributed by atoms with van der Waals surface area (Å²) < 4.78 is 6.22. The molecule has 0 saturated heterocycles. The van der Waals surface area contributed by atoms with Crippen molar-refractivity contribution in [3.8, 4) is 11.6 Å². The molecule has 5 nitrogen and oxygen atoms in total. The first kappa shape index (κ1) is 11.9. The number of anilines is 2. The quantitative estimate of drug-likeness (QED) is 0.890. The number of hydrogen-bond donors (Lipinski definition) is 2. The van der Waals surface area contributed by atoms with Gasteiger partial charge in [0.05, 0.1) is 4.47 Å². The van der Waals surface area contributed by atoms with Crippen LogP contribution in [0.1, 0.15) is 0 Å². The smallest absolute Gasteiger partial charge is 0.226 e. The molecular weight excluding hydrogens is 307 g/mol. The van der Waals surface area contributed by atoms with Crippen LogP contribution < -0.4 is 16.2 Å². The van der Waals surface area contributed by atoms with Gasteiger partial charge in [0.2, 0.25) is 11.8 Å². The molecule has 2 rings (SSSR count). The minimum Gasteiger partial charge on any atom is -0.438 e. The first-order valence-corrected chi connectivity index (χ1v) is 5.74. The Labute approximate surface area is 111 Å². The number of rotatable bonds is 2. The van der Waals surface area contributed by atoms with Crippen molar-refractivity contribution in [2.24, 2.45) is 0 Å². The van der Waals surface area contributed by atoms with E-state index in [0.29, 0.717) is 15.2 Å². The highest BCUT2D eigenvalue weighted by Crippen LogP contribution is 2.31. The lowest BCUT2D eigenvalue weighted by molar-refractivity contribution is 0.460. The molecule has 0 fully saturated rings. The molecular formula is C10H8BrClN4O. The Kier molecular flexibility index (Phi) is 3.35. The number of halogens is 2. The van der Waals surface area contributed by atoms with Crippen molar-refractivity contribution in [1.82, 2.24) is 9.97 Å². The van der Waals surface area contributed by atoms with Gasteiger partial charge in [0.15, 0.2) is 0 Å². The summed E-state index contributed by atoms with van der Waals surface area (Å²) in [4.78, 5) is 7.65. The van der Waals surface area contributed by atoms with Gasteiger partial charge in [0.1, 0.15) is 11.6 Å². The third-order valence-electron chi connectivity index (χ3n) is 1.85. The molecule has 1 heterocycles. The van der Waals surface area contributed by atoms with Crippen molar-refractivity contribution in [2.75, 3.05) is 11.5 Å². The first-order chi connectivity index (χ1) is 8.04. The van der Waals surface area contributed by atoms with E-state index in [1.807, 2.05) is 0 Å². The Balaban J connectivity index is 2.31. The molecule has 0 amide bonds. The average Bonchev–Trinajstić information content (AvgIpc) is 2.21. The van der Waals surface area contributed by atoms with Crippen molar-refractivity contribution in [2.45, 2.75) is 0 Å². The molecule has 0 unspecified atom stereocenters. The van der Waals surface area contributed by atoms with E-state index >= 15 is 0 Å². The number of nitrogens with zero attached hydrogens (tertiary/aromatic N) is 2. The highest BCUT2D eigenvalue weighted by Gasteiger charge is 2.06. The fraction of sp³-hybridized carbons (Fsp3) is 0. The molecule has 0 atom stereocenters. The molecule has 0 saturated carbocycles. The second-order valence-corrected chi connectivity index (χ2v) is 4.46. The summed E-state index contributed by atoms with van der Waals surface area (Å²) in [7, 11) is 0. The molecule has 1 aromatic heterocycles. The second-order valence-electron chi connectivity index (χ2n) is 3.17. The minimum absolute atomic E-state index is 0.0603. The Morgan fingerprint density at radius 3 is 2.59 bits per heavy atom. The summed E-state index contributed by atoms with van der Waals surface area (Å²) in [6.45, 7) is 0. The van der Waals surface area contributed by atoms with Gasteiger partial charge in [-0.3, -0.25) is 0 Å². The number of aromatic nitrogens is 2. The maximum absolute atomic E-state index is 5.82. The van der Waals surface area contributed by atoms with Gasteiger partial charge in [-0.15, -0.1) is 0 Å². The maximum atomic E-state index is 5.82. The molecule has 0 aliphatic rings. The van der Waals surface area contributed by atoms with E-state index in [1.54, 1.807) is 18.2 Å². The number of ether oxygens (including phenoxy) is 1. The van der Waals surface area contributed by atoms with Crippen molar-refractivity contribution >= 4 is 39.3 Å². The summed E-state index contributed by atoms with van der Waals surface area (Å²) in [5.41, 5.74) is 11.0. The molecule has 88 valence electrons. The third-order valence-corrected chi connectivity index (χ3v) is 2.70. The molecule has 0 spiro atoms. The van der Waals surface area contributed by atoms with E-state index in [2.05, 4.69) is 25.9 Å². The van der Waals surface area contributed by atoms with Crippen LogP contribution in [0.4, 0.5) is 11.8 Å². The standard InChI is InChI=1S/C10H8BrClN4O/c11-6-3-5(12)1-2-7(6)17-9-4-8(13)15-10(14)16-9/h1-4H,(H4,13,14,15,16). The van der Waals surface area contributed by atoms with Crippen LogP contribution in [0.3, 0.4) is 0 Å². The lowest BCUT2D eigenvalue weighted by Crippen LogP contribution is -2.00.